The van der Waals surface area contributed by atoms with Gasteiger partial charge in [0.05, 0.1) is 18.6 Å². The lowest BCUT2D eigenvalue weighted by Crippen LogP contribution is -2.27. The predicted molar refractivity (Wildman–Crippen MR) is 89.3 cm³/mol. The van der Waals surface area contributed by atoms with Gasteiger partial charge in [-0.3, -0.25) is 0 Å². The van der Waals surface area contributed by atoms with Gasteiger partial charge < -0.3 is 9.47 Å². The van der Waals surface area contributed by atoms with E-state index in [2.05, 4.69) is 4.72 Å². The molecular formula is C17H20FNO4S. The third kappa shape index (κ3) is 4.24. The average Bonchev–Trinajstić information content (AvgIpc) is 2.55. The standard InChI is InChI=1S/C17H20FNO4S/c1-4-23-14-7-5-13(6-8-14)12(2)19-24(20,21)15-9-10-17(22-3)16(18)11-15/h5-12,19H,4H2,1-3H3/t12-/m0/s1. The van der Waals surface area contributed by atoms with Gasteiger partial charge in [0.2, 0.25) is 10.0 Å². The number of hydrogen-bond donors (Lipinski definition) is 1. The molecule has 0 heterocycles. The Hall–Kier alpha value is -2.12. The smallest absolute Gasteiger partial charge is 0.241 e. The van der Waals surface area contributed by atoms with Crippen molar-refractivity contribution < 1.29 is 22.3 Å². The maximum atomic E-state index is 13.7. The number of methoxy groups -OCH3 is 1. The minimum atomic E-state index is -3.85. The number of halogens is 1. The van der Waals surface area contributed by atoms with Crippen LogP contribution in [0.2, 0.25) is 0 Å². The second-order valence-corrected chi connectivity index (χ2v) is 6.86. The van der Waals surface area contributed by atoms with Crippen molar-refractivity contribution in [3.63, 3.8) is 0 Å². The summed E-state index contributed by atoms with van der Waals surface area (Å²) in [5.41, 5.74) is 0.774. The van der Waals surface area contributed by atoms with Crippen LogP contribution in [-0.4, -0.2) is 22.1 Å². The first kappa shape index (κ1) is 18.2. The summed E-state index contributed by atoms with van der Waals surface area (Å²) in [5, 5.41) is 0. The molecule has 0 saturated carbocycles. The van der Waals surface area contributed by atoms with Crippen LogP contribution in [0.15, 0.2) is 47.4 Å². The quantitative estimate of drug-likeness (QED) is 0.830. The molecule has 0 aliphatic rings. The fourth-order valence-corrected chi connectivity index (χ4v) is 3.45. The fraction of sp³-hybridized carbons (Fsp3) is 0.294. The van der Waals surface area contributed by atoms with Crippen molar-refractivity contribution in [1.82, 2.24) is 4.72 Å². The van der Waals surface area contributed by atoms with Crippen LogP contribution in [0.5, 0.6) is 11.5 Å². The first-order chi connectivity index (χ1) is 11.4. The number of hydrogen-bond acceptors (Lipinski definition) is 4. The van der Waals surface area contributed by atoms with E-state index in [0.29, 0.717) is 12.4 Å². The van der Waals surface area contributed by atoms with Crippen molar-refractivity contribution in [2.24, 2.45) is 0 Å². The van der Waals surface area contributed by atoms with E-state index >= 15 is 0 Å². The van der Waals surface area contributed by atoms with Gasteiger partial charge in [-0.1, -0.05) is 12.1 Å². The summed E-state index contributed by atoms with van der Waals surface area (Å²) in [7, 11) is -2.53. The fourth-order valence-electron chi connectivity index (χ4n) is 2.20. The lowest BCUT2D eigenvalue weighted by Gasteiger charge is -2.15. The number of rotatable bonds is 7. The zero-order valence-electron chi connectivity index (χ0n) is 13.7. The molecule has 2 rings (SSSR count). The van der Waals surface area contributed by atoms with Gasteiger partial charge in [-0.05, 0) is 49.7 Å². The molecule has 0 aliphatic carbocycles. The van der Waals surface area contributed by atoms with Gasteiger partial charge in [0, 0.05) is 6.04 Å². The van der Waals surface area contributed by atoms with Crippen LogP contribution in [0.1, 0.15) is 25.5 Å². The van der Waals surface area contributed by atoms with E-state index < -0.39 is 21.9 Å². The molecule has 0 spiro atoms. The molecule has 5 nitrogen and oxygen atoms in total. The third-order valence-corrected chi connectivity index (χ3v) is 4.99. The van der Waals surface area contributed by atoms with Gasteiger partial charge in [-0.25, -0.2) is 17.5 Å². The molecule has 0 aliphatic heterocycles. The van der Waals surface area contributed by atoms with Gasteiger partial charge in [0.15, 0.2) is 11.6 Å². The van der Waals surface area contributed by atoms with Gasteiger partial charge >= 0.3 is 0 Å². The molecule has 1 atom stereocenters. The molecule has 2 aromatic rings. The molecular weight excluding hydrogens is 333 g/mol. The van der Waals surface area contributed by atoms with Gasteiger partial charge in [0.1, 0.15) is 5.75 Å². The number of benzene rings is 2. The van der Waals surface area contributed by atoms with Gasteiger partial charge in [-0.15, -0.1) is 0 Å². The Morgan fingerprint density at radius 2 is 1.83 bits per heavy atom. The molecule has 0 saturated heterocycles. The first-order valence-electron chi connectivity index (χ1n) is 7.46. The van der Waals surface area contributed by atoms with Crippen LogP contribution < -0.4 is 14.2 Å². The minimum Gasteiger partial charge on any atom is -0.494 e. The van der Waals surface area contributed by atoms with E-state index in [9.17, 15) is 12.8 Å². The number of sulfonamides is 1. The molecule has 0 unspecified atom stereocenters. The van der Waals surface area contributed by atoms with Crippen LogP contribution in [0, 0.1) is 5.82 Å². The second kappa shape index (κ2) is 7.63. The Kier molecular flexibility index (Phi) is 5.80. The molecule has 0 bridgehead atoms. The van der Waals surface area contributed by atoms with Gasteiger partial charge in [0.25, 0.3) is 0 Å². The SMILES string of the molecule is CCOc1ccc([C@H](C)NS(=O)(=O)c2ccc(OC)c(F)c2)cc1. The van der Waals surface area contributed by atoms with E-state index in [-0.39, 0.29) is 10.6 Å². The topological polar surface area (TPSA) is 64.6 Å². The Balaban J connectivity index is 2.17. The molecule has 7 heteroatoms. The van der Waals surface area contributed by atoms with Crippen LogP contribution in [0.3, 0.4) is 0 Å². The van der Waals surface area contributed by atoms with Crippen LogP contribution in [0.25, 0.3) is 0 Å². The molecule has 0 aromatic heterocycles. The van der Waals surface area contributed by atoms with Crippen molar-refractivity contribution in [3.8, 4) is 11.5 Å². The Morgan fingerprint density at radius 1 is 1.17 bits per heavy atom. The summed E-state index contributed by atoms with van der Waals surface area (Å²) in [6.45, 7) is 4.16. The van der Waals surface area contributed by atoms with Crippen LogP contribution >= 0.6 is 0 Å². The molecule has 2 aromatic carbocycles. The van der Waals surface area contributed by atoms with E-state index in [1.807, 2.05) is 6.92 Å². The summed E-state index contributed by atoms with van der Waals surface area (Å²) in [5.74, 6) is -0.0175. The van der Waals surface area contributed by atoms with Crippen molar-refractivity contribution in [2.75, 3.05) is 13.7 Å². The van der Waals surface area contributed by atoms with E-state index in [1.165, 1.54) is 19.2 Å². The normalized spacial score (nSPS) is 12.7. The van der Waals surface area contributed by atoms with E-state index in [4.69, 9.17) is 9.47 Å². The summed E-state index contributed by atoms with van der Waals surface area (Å²) in [4.78, 5) is -0.154. The third-order valence-electron chi connectivity index (χ3n) is 3.46. The molecule has 0 radical (unpaired) electrons. The highest BCUT2D eigenvalue weighted by molar-refractivity contribution is 7.89. The van der Waals surface area contributed by atoms with E-state index in [1.54, 1.807) is 31.2 Å². The maximum Gasteiger partial charge on any atom is 0.241 e. The van der Waals surface area contributed by atoms with Crippen molar-refractivity contribution >= 4 is 10.0 Å². The lowest BCUT2D eigenvalue weighted by molar-refractivity contribution is 0.340. The highest BCUT2D eigenvalue weighted by Gasteiger charge is 2.20. The predicted octanol–water partition coefficient (Wildman–Crippen LogP) is 3.27. The molecule has 0 fully saturated rings. The number of ether oxygens (including phenoxy) is 2. The second-order valence-electron chi connectivity index (χ2n) is 5.14. The average molecular weight is 353 g/mol. The number of nitrogens with one attached hydrogen (secondary N) is 1. The summed E-state index contributed by atoms with van der Waals surface area (Å²) in [6, 6.07) is 10.2. The highest BCUT2D eigenvalue weighted by Crippen LogP contribution is 2.23. The highest BCUT2D eigenvalue weighted by atomic mass is 32.2. The zero-order chi connectivity index (χ0) is 17.7. The Morgan fingerprint density at radius 3 is 2.38 bits per heavy atom. The summed E-state index contributed by atoms with van der Waals surface area (Å²) < 4.78 is 51.2. The van der Waals surface area contributed by atoms with Crippen molar-refractivity contribution in [1.29, 1.82) is 0 Å². The zero-order valence-corrected chi connectivity index (χ0v) is 14.6. The molecule has 0 amide bonds. The summed E-state index contributed by atoms with van der Waals surface area (Å²) in [6.07, 6.45) is 0. The molecule has 130 valence electrons. The van der Waals surface area contributed by atoms with Crippen LogP contribution in [0.4, 0.5) is 4.39 Å². The Labute approximate surface area is 141 Å². The van der Waals surface area contributed by atoms with E-state index in [0.717, 1.165) is 11.6 Å². The minimum absolute atomic E-state index is 0.00601. The monoisotopic (exact) mass is 353 g/mol. The summed E-state index contributed by atoms with van der Waals surface area (Å²) >= 11 is 0. The largest absolute Gasteiger partial charge is 0.494 e. The first-order valence-corrected chi connectivity index (χ1v) is 8.94. The Bertz CT molecular complexity index is 791. The lowest BCUT2D eigenvalue weighted by atomic mass is 10.1. The molecule has 24 heavy (non-hydrogen) atoms. The van der Waals surface area contributed by atoms with Crippen molar-refractivity contribution in [2.45, 2.75) is 24.8 Å². The van der Waals surface area contributed by atoms with Crippen LogP contribution in [-0.2, 0) is 10.0 Å². The van der Waals surface area contributed by atoms with Crippen molar-refractivity contribution in [3.05, 3.63) is 53.8 Å². The maximum absolute atomic E-state index is 13.7. The van der Waals surface area contributed by atoms with Gasteiger partial charge in [-0.2, -0.15) is 0 Å². The molecule has 1 N–H and O–H groups in total.